The second-order valence-electron chi connectivity index (χ2n) is 11.2. The molecule has 0 amide bonds. The molecule has 0 spiro atoms. The van der Waals surface area contributed by atoms with Crippen molar-refractivity contribution in [3.8, 4) is 23.0 Å². The van der Waals surface area contributed by atoms with Gasteiger partial charge in [0.15, 0.2) is 17.4 Å². The maximum Gasteiger partial charge on any atom is 0.188 e. The number of aryl methyl sites for hydroxylation is 1. The number of imidazole rings is 1. The van der Waals surface area contributed by atoms with Gasteiger partial charge < -0.3 is 9.30 Å². The average molecular weight is 717 g/mol. The fraction of sp³-hybridized carbons (Fsp3) is 0.143. The molecule has 5 nitrogen and oxygen atoms in total. The summed E-state index contributed by atoms with van der Waals surface area (Å²) in [6.07, 6.45) is 3.96. The summed E-state index contributed by atoms with van der Waals surface area (Å²) in [5.41, 5.74) is 6.43. The number of hydrogen-bond donors (Lipinski definition) is 0. The molecule has 0 N–H and O–H groups in total. The minimum absolute atomic E-state index is 0. The van der Waals surface area contributed by atoms with Crippen molar-refractivity contribution < 1.29 is 25.8 Å². The molecule has 3 heterocycles. The van der Waals surface area contributed by atoms with Crippen LogP contribution >= 0.6 is 0 Å². The van der Waals surface area contributed by atoms with Crippen LogP contribution in [0.4, 0.5) is 0 Å². The van der Waals surface area contributed by atoms with Crippen molar-refractivity contribution in [1.29, 1.82) is 0 Å². The van der Waals surface area contributed by atoms with Crippen molar-refractivity contribution in [3.05, 3.63) is 121 Å². The number of aromatic nitrogens is 4. The first kappa shape index (κ1) is 27.0. The zero-order chi connectivity index (χ0) is 27.4. The normalized spacial score (nSPS) is 11.7. The van der Waals surface area contributed by atoms with Crippen LogP contribution in [0.15, 0.2) is 104 Å². The van der Waals surface area contributed by atoms with Gasteiger partial charge in [0, 0.05) is 69.1 Å². The molecule has 0 aliphatic rings. The Hall–Kier alpha value is -4.21. The zero-order valence-electron chi connectivity index (χ0n) is 23.3. The van der Waals surface area contributed by atoms with E-state index >= 15 is 0 Å². The van der Waals surface area contributed by atoms with E-state index in [0.29, 0.717) is 11.5 Å². The second kappa shape index (κ2) is 10.3. The molecule has 7 aromatic rings. The third-order valence-corrected chi connectivity index (χ3v) is 7.44. The maximum absolute atomic E-state index is 6.37. The summed E-state index contributed by atoms with van der Waals surface area (Å²) in [6.45, 7) is 6.66. The smallest absolute Gasteiger partial charge is 0.188 e. The SMILES string of the molecule is Cn1[cH+]n(-c2[c-]c(Oc3[c-]c4c(cc3)c3ccccc3n4-c3cc(C(C)(C)C)ccn3)ccc2)c2ccccc21.[Pt]. The van der Waals surface area contributed by atoms with Crippen LogP contribution in [0.2, 0.25) is 0 Å². The molecular formula is C35H29N4OPt-. The summed E-state index contributed by atoms with van der Waals surface area (Å²) in [6, 6.07) is 38.0. The number of benzene rings is 4. The van der Waals surface area contributed by atoms with Crippen LogP contribution < -0.4 is 4.74 Å². The molecule has 4 aromatic carbocycles. The van der Waals surface area contributed by atoms with Gasteiger partial charge in [0.05, 0.1) is 0 Å². The number of hydrogen-bond acceptors (Lipinski definition) is 2. The molecule has 7 rings (SSSR count). The Balaban J connectivity index is 0.00000302. The average Bonchev–Trinajstić information content (AvgIpc) is 3.47. The Labute approximate surface area is 253 Å². The first-order valence-electron chi connectivity index (χ1n) is 13.5. The molecule has 206 valence electrons. The van der Waals surface area contributed by atoms with Crippen LogP contribution in [0.1, 0.15) is 26.3 Å². The van der Waals surface area contributed by atoms with Gasteiger partial charge in [0.2, 0.25) is 0 Å². The summed E-state index contributed by atoms with van der Waals surface area (Å²) in [5.74, 6) is 2.12. The molecular weight excluding hydrogens is 687 g/mol. The van der Waals surface area contributed by atoms with Crippen molar-refractivity contribution in [2.75, 3.05) is 0 Å². The topological polar surface area (TPSA) is 36.9 Å². The van der Waals surface area contributed by atoms with E-state index in [0.717, 1.165) is 44.3 Å². The number of ether oxygens (including phenoxy) is 1. The minimum Gasteiger partial charge on any atom is -0.508 e. The summed E-state index contributed by atoms with van der Waals surface area (Å²) in [4.78, 5) is 4.77. The zero-order valence-corrected chi connectivity index (χ0v) is 25.6. The minimum atomic E-state index is 0. The van der Waals surface area contributed by atoms with Crippen LogP contribution in [0.3, 0.4) is 0 Å². The van der Waals surface area contributed by atoms with Gasteiger partial charge in [-0.3, -0.25) is 0 Å². The van der Waals surface area contributed by atoms with E-state index < -0.39 is 0 Å². The van der Waals surface area contributed by atoms with E-state index in [4.69, 9.17) is 9.72 Å². The van der Waals surface area contributed by atoms with E-state index in [1.54, 1.807) is 0 Å². The van der Waals surface area contributed by atoms with Crippen molar-refractivity contribution in [2.24, 2.45) is 7.05 Å². The van der Waals surface area contributed by atoms with Gasteiger partial charge in [-0.2, -0.15) is 12.1 Å². The summed E-state index contributed by atoms with van der Waals surface area (Å²) >= 11 is 0. The molecule has 0 saturated carbocycles. The molecule has 41 heavy (non-hydrogen) atoms. The van der Waals surface area contributed by atoms with Gasteiger partial charge in [-0.05, 0) is 46.7 Å². The van der Waals surface area contributed by atoms with E-state index in [-0.39, 0.29) is 26.5 Å². The van der Waals surface area contributed by atoms with Crippen LogP contribution in [-0.4, -0.2) is 18.7 Å². The van der Waals surface area contributed by atoms with E-state index in [1.165, 1.54) is 5.56 Å². The number of fused-ring (bicyclic) bond motifs is 4. The molecule has 0 aliphatic heterocycles. The van der Waals surface area contributed by atoms with Gasteiger partial charge in [0.1, 0.15) is 5.82 Å². The predicted octanol–water partition coefficient (Wildman–Crippen LogP) is 8.43. The van der Waals surface area contributed by atoms with Gasteiger partial charge in [-0.25, -0.2) is 14.1 Å². The van der Waals surface area contributed by atoms with E-state index in [9.17, 15) is 0 Å². The van der Waals surface area contributed by atoms with E-state index in [2.05, 4.69) is 127 Å². The van der Waals surface area contributed by atoms with Gasteiger partial charge >= 0.3 is 0 Å². The molecule has 0 unspecified atom stereocenters. The fourth-order valence-electron chi connectivity index (χ4n) is 5.39. The van der Waals surface area contributed by atoms with E-state index in [1.807, 2.05) is 30.5 Å². The maximum atomic E-state index is 6.37. The number of pyridine rings is 1. The van der Waals surface area contributed by atoms with Crippen molar-refractivity contribution >= 4 is 32.8 Å². The van der Waals surface area contributed by atoms with Gasteiger partial charge in [-0.1, -0.05) is 50.6 Å². The fourth-order valence-corrected chi connectivity index (χ4v) is 5.39. The molecule has 0 aliphatic carbocycles. The second-order valence-corrected chi connectivity index (χ2v) is 11.2. The molecule has 6 heteroatoms. The van der Waals surface area contributed by atoms with Gasteiger partial charge in [0.25, 0.3) is 0 Å². The molecule has 0 saturated heterocycles. The van der Waals surface area contributed by atoms with Gasteiger partial charge in [-0.15, -0.1) is 29.7 Å². The Kier molecular flexibility index (Phi) is 6.79. The first-order chi connectivity index (χ1) is 19.4. The van der Waals surface area contributed by atoms with Crippen molar-refractivity contribution in [1.82, 2.24) is 18.7 Å². The third-order valence-electron chi connectivity index (χ3n) is 7.44. The largest absolute Gasteiger partial charge is 0.508 e. The molecule has 0 atom stereocenters. The number of rotatable bonds is 4. The molecule has 3 aromatic heterocycles. The summed E-state index contributed by atoms with van der Waals surface area (Å²) < 4.78 is 12.8. The molecule has 0 radical (unpaired) electrons. The Morgan fingerprint density at radius 2 is 1.49 bits per heavy atom. The van der Waals surface area contributed by atoms with Crippen molar-refractivity contribution in [3.63, 3.8) is 0 Å². The monoisotopic (exact) mass is 716 g/mol. The Morgan fingerprint density at radius 3 is 2.29 bits per heavy atom. The Bertz CT molecular complexity index is 2050. The van der Waals surface area contributed by atoms with Crippen molar-refractivity contribution in [2.45, 2.75) is 26.2 Å². The van der Waals surface area contributed by atoms with Crippen LogP contribution in [0, 0.1) is 12.1 Å². The van der Waals surface area contributed by atoms with Crippen LogP contribution in [0.5, 0.6) is 11.5 Å². The Morgan fingerprint density at radius 1 is 0.756 bits per heavy atom. The predicted molar refractivity (Wildman–Crippen MR) is 162 cm³/mol. The third kappa shape index (κ3) is 4.75. The van der Waals surface area contributed by atoms with Crippen LogP contribution in [-0.2, 0) is 33.5 Å². The first-order valence-corrected chi connectivity index (χ1v) is 13.5. The molecule has 0 bridgehead atoms. The molecule has 0 fully saturated rings. The standard InChI is InChI=1S/C35H29N4O.Pt/c1-35(2,3)24-18-19-36-34(20-24)39-30-13-6-5-12-28(30)29-17-16-27(22-33(29)39)40-26-11-9-10-25(21-26)38-23-37(4)31-14-7-8-15-32(31)38;/h5-20,23H,1-4H3;/q-1;. The number of para-hydroxylation sites is 3. The summed E-state index contributed by atoms with van der Waals surface area (Å²) in [5, 5.41) is 2.26. The quantitative estimate of drug-likeness (QED) is 0.172. The van der Waals surface area contributed by atoms with Crippen LogP contribution in [0.25, 0.3) is 44.3 Å². The number of nitrogens with zero attached hydrogens (tertiary/aromatic N) is 4. The summed E-state index contributed by atoms with van der Waals surface area (Å²) in [7, 11) is 2.05.